The van der Waals surface area contributed by atoms with Gasteiger partial charge in [0.2, 0.25) is 11.8 Å². The maximum Gasteiger partial charge on any atom is 0.227 e. The molecule has 0 unspecified atom stereocenters. The number of amides is 2. The van der Waals surface area contributed by atoms with Crippen molar-refractivity contribution in [1.29, 1.82) is 0 Å². The van der Waals surface area contributed by atoms with Crippen LogP contribution in [0, 0.1) is 5.92 Å². The minimum absolute atomic E-state index is 0.0105. The van der Waals surface area contributed by atoms with Crippen LogP contribution < -0.4 is 5.73 Å². The Balaban J connectivity index is 1.89. The summed E-state index contributed by atoms with van der Waals surface area (Å²) < 4.78 is 0. The van der Waals surface area contributed by atoms with Crippen molar-refractivity contribution >= 4 is 17.5 Å². The minimum Gasteiger partial charge on any atom is -0.398 e. The van der Waals surface area contributed by atoms with E-state index in [1.807, 2.05) is 47.9 Å². The van der Waals surface area contributed by atoms with Crippen LogP contribution in [0.1, 0.15) is 19.4 Å². The molecule has 2 rings (SSSR count). The van der Waals surface area contributed by atoms with E-state index in [0.29, 0.717) is 38.3 Å². The van der Waals surface area contributed by atoms with Gasteiger partial charge in [0.05, 0.1) is 6.42 Å². The van der Waals surface area contributed by atoms with E-state index in [2.05, 4.69) is 0 Å². The average molecular weight is 289 g/mol. The number of nitrogen functional groups attached to an aromatic ring is 1. The van der Waals surface area contributed by atoms with Crippen molar-refractivity contribution in [2.45, 2.75) is 20.3 Å². The molecule has 0 bridgehead atoms. The van der Waals surface area contributed by atoms with E-state index in [4.69, 9.17) is 5.73 Å². The zero-order valence-electron chi connectivity index (χ0n) is 12.7. The molecule has 21 heavy (non-hydrogen) atoms. The molecule has 0 radical (unpaired) electrons. The van der Waals surface area contributed by atoms with Gasteiger partial charge in [-0.3, -0.25) is 9.59 Å². The fraction of sp³-hybridized carbons (Fsp3) is 0.500. The summed E-state index contributed by atoms with van der Waals surface area (Å²) >= 11 is 0. The lowest BCUT2D eigenvalue weighted by Gasteiger charge is -2.35. The first-order valence-corrected chi connectivity index (χ1v) is 7.39. The van der Waals surface area contributed by atoms with E-state index in [0.717, 1.165) is 5.56 Å². The summed E-state index contributed by atoms with van der Waals surface area (Å²) in [5.41, 5.74) is 7.39. The van der Waals surface area contributed by atoms with E-state index in [9.17, 15) is 9.59 Å². The molecular formula is C16H23N3O2. The zero-order valence-corrected chi connectivity index (χ0v) is 12.7. The summed E-state index contributed by atoms with van der Waals surface area (Å²) in [6.07, 6.45) is 0.324. The lowest BCUT2D eigenvalue weighted by atomic mass is 10.1. The molecule has 0 saturated carbocycles. The van der Waals surface area contributed by atoms with Gasteiger partial charge in [-0.05, 0) is 11.6 Å². The second-order valence-electron chi connectivity index (χ2n) is 5.74. The fourth-order valence-electron chi connectivity index (χ4n) is 2.51. The zero-order chi connectivity index (χ0) is 15.4. The van der Waals surface area contributed by atoms with Gasteiger partial charge in [0, 0.05) is 37.8 Å². The molecule has 0 spiro atoms. The normalized spacial score (nSPS) is 15.4. The summed E-state index contributed by atoms with van der Waals surface area (Å²) in [6.45, 7) is 6.24. The Morgan fingerprint density at radius 1 is 1.10 bits per heavy atom. The van der Waals surface area contributed by atoms with E-state index in [1.54, 1.807) is 0 Å². The number of rotatable bonds is 3. The smallest absolute Gasteiger partial charge is 0.227 e. The van der Waals surface area contributed by atoms with Crippen molar-refractivity contribution in [2.75, 3.05) is 31.9 Å². The van der Waals surface area contributed by atoms with Crippen LogP contribution in [0.3, 0.4) is 0 Å². The molecule has 1 aromatic rings. The third-order valence-corrected chi connectivity index (χ3v) is 3.83. The summed E-state index contributed by atoms with van der Waals surface area (Å²) in [4.78, 5) is 27.9. The fourth-order valence-corrected chi connectivity index (χ4v) is 2.51. The number of nitrogens with two attached hydrogens (primary N) is 1. The van der Waals surface area contributed by atoms with E-state index in [-0.39, 0.29) is 17.7 Å². The molecule has 5 heteroatoms. The number of carbonyl (C=O) groups excluding carboxylic acids is 2. The number of piperazine rings is 1. The highest BCUT2D eigenvalue weighted by Crippen LogP contribution is 2.14. The Bertz CT molecular complexity index is 520. The second kappa shape index (κ2) is 6.61. The van der Waals surface area contributed by atoms with E-state index < -0.39 is 0 Å². The molecule has 5 nitrogen and oxygen atoms in total. The van der Waals surface area contributed by atoms with Crippen molar-refractivity contribution in [3.05, 3.63) is 29.8 Å². The predicted molar refractivity (Wildman–Crippen MR) is 82.6 cm³/mol. The first kappa shape index (κ1) is 15.4. The first-order chi connectivity index (χ1) is 9.99. The third-order valence-electron chi connectivity index (χ3n) is 3.83. The molecule has 1 aliphatic rings. The standard InChI is InChI=1S/C16H23N3O2/c1-12(2)16(21)19-9-7-18(8-10-19)15(20)11-13-5-3-4-6-14(13)17/h3-6,12H,7-11,17H2,1-2H3. The van der Waals surface area contributed by atoms with Gasteiger partial charge in [0.25, 0.3) is 0 Å². The van der Waals surface area contributed by atoms with Crippen LogP contribution >= 0.6 is 0 Å². The van der Waals surface area contributed by atoms with Crippen molar-refractivity contribution in [1.82, 2.24) is 9.80 Å². The number of nitrogens with zero attached hydrogens (tertiary/aromatic N) is 2. The Labute approximate surface area is 125 Å². The van der Waals surface area contributed by atoms with Crippen LogP contribution in [0.25, 0.3) is 0 Å². The molecule has 0 aliphatic carbocycles. The number of hydrogen-bond donors (Lipinski definition) is 1. The molecule has 1 fully saturated rings. The number of anilines is 1. The van der Waals surface area contributed by atoms with Crippen LogP contribution in [0.2, 0.25) is 0 Å². The van der Waals surface area contributed by atoms with Crippen LogP contribution in [0.4, 0.5) is 5.69 Å². The highest BCUT2D eigenvalue weighted by atomic mass is 16.2. The molecule has 0 aromatic heterocycles. The Morgan fingerprint density at radius 3 is 2.24 bits per heavy atom. The van der Waals surface area contributed by atoms with Crippen LogP contribution in [0.15, 0.2) is 24.3 Å². The maximum atomic E-state index is 12.3. The first-order valence-electron chi connectivity index (χ1n) is 7.39. The lowest BCUT2D eigenvalue weighted by molar-refractivity contribution is -0.141. The SMILES string of the molecule is CC(C)C(=O)N1CCN(C(=O)Cc2ccccc2N)CC1. The maximum absolute atomic E-state index is 12.3. The van der Waals surface area contributed by atoms with Crippen LogP contribution in [-0.2, 0) is 16.0 Å². The van der Waals surface area contributed by atoms with Gasteiger partial charge in [-0.1, -0.05) is 32.0 Å². The second-order valence-corrected chi connectivity index (χ2v) is 5.74. The Kier molecular flexibility index (Phi) is 4.83. The number of carbonyl (C=O) groups is 2. The Morgan fingerprint density at radius 2 is 1.67 bits per heavy atom. The minimum atomic E-state index is 0.0105. The van der Waals surface area contributed by atoms with Gasteiger partial charge in [-0.2, -0.15) is 0 Å². The summed E-state index contributed by atoms with van der Waals surface area (Å²) in [6, 6.07) is 7.44. The highest BCUT2D eigenvalue weighted by molar-refractivity contribution is 5.81. The van der Waals surface area contributed by atoms with Crippen LogP contribution in [0.5, 0.6) is 0 Å². The monoisotopic (exact) mass is 289 g/mol. The molecule has 2 N–H and O–H groups in total. The number of para-hydroxylation sites is 1. The van der Waals surface area contributed by atoms with Crippen molar-refractivity contribution in [2.24, 2.45) is 5.92 Å². The van der Waals surface area contributed by atoms with Gasteiger partial charge in [0.1, 0.15) is 0 Å². The third kappa shape index (κ3) is 3.74. The highest BCUT2D eigenvalue weighted by Gasteiger charge is 2.25. The molecule has 2 amide bonds. The quantitative estimate of drug-likeness (QED) is 0.849. The predicted octanol–water partition coefficient (Wildman–Crippen LogP) is 1.14. The summed E-state index contributed by atoms with van der Waals surface area (Å²) in [5.74, 6) is 0.246. The lowest BCUT2D eigenvalue weighted by Crippen LogP contribution is -2.51. The van der Waals surface area contributed by atoms with E-state index in [1.165, 1.54) is 0 Å². The molecule has 1 heterocycles. The summed E-state index contributed by atoms with van der Waals surface area (Å²) in [7, 11) is 0. The number of hydrogen-bond acceptors (Lipinski definition) is 3. The Hall–Kier alpha value is -2.04. The van der Waals surface area contributed by atoms with Crippen molar-refractivity contribution in [3.63, 3.8) is 0 Å². The largest absolute Gasteiger partial charge is 0.398 e. The molecular weight excluding hydrogens is 266 g/mol. The molecule has 1 aliphatic heterocycles. The van der Waals surface area contributed by atoms with Crippen molar-refractivity contribution < 1.29 is 9.59 Å². The topological polar surface area (TPSA) is 66.6 Å². The van der Waals surface area contributed by atoms with Gasteiger partial charge in [0.15, 0.2) is 0 Å². The molecule has 1 aromatic carbocycles. The molecule has 0 atom stereocenters. The molecule has 1 saturated heterocycles. The van der Waals surface area contributed by atoms with E-state index >= 15 is 0 Å². The van der Waals surface area contributed by atoms with Gasteiger partial charge < -0.3 is 15.5 Å². The van der Waals surface area contributed by atoms with Crippen molar-refractivity contribution in [3.8, 4) is 0 Å². The number of benzene rings is 1. The van der Waals surface area contributed by atoms with Gasteiger partial charge >= 0.3 is 0 Å². The van der Waals surface area contributed by atoms with Gasteiger partial charge in [-0.15, -0.1) is 0 Å². The van der Waals surface area contributed by atoms with Gasteiger partial charge in [-0.25, -0.2) is 0 Å². The summed E-state index contributed by atoms with van der Waals surface area (Å²) in [5, 5.41) is 0. The average Bonchev–Trinajstić information content (AvgIpc) is 2.49. The van der Waals surface area contributed by atoms with Crippen LogP contribution in [-0.4, -0.2) is 47.8 Å². The molecule has 114 valence electrons.